The van der Waals surface area contributed by atoms with Gasteiger partial charge in [-0.15, -0.1) is 0 Å². The fraction of sp³-hybridized carbons (Fsp3) is 0.583. The molecule has 1 aliphatic rings. The number of hydrogen-bond donors (Lipinski definition) is 2. The molecule has 2 rings (SSSR count). The summed E-state index contributed by atoms with van der Waals surface area (Å²) in [6, 6.07) is 0. The second kappa shape index (κ2) is 4.79. The molecule has 3 heteroatoms. The van der Waals surface area contributed by atoms with Crippen molar-refractivity contribution in [3.8, 4) is 0 Å². The van der Waals surface area contributed by atoms with Crippen LogP contribution in [0.5, 0.6) is 0 Å². The number of aromatic amines is 2. The highest BCUT2D eigenvalue weighted by Gasteiger charge is 2.14. The van der Waals surface area contributed by atoms with Crippen LogP contribution < -0.4 is 0 Å². The first kappa shape index (κ1) is 10.7. The van der Waals surface area contributed by atoms with E-state index < -0.39 is 0 Å². The fourth-order valence-corrected chi connectivity index (χ4v) is 2.43. The second-order valence-corrected chi connectivity index (χ2v) is 4.74. The quantitative estimate of drug-likeness (QED) is 0.592. The maximum absolute atomic E-state index is 5.02. The third kappa shape index (κ3) is 2.81. The predicted octanol–water partition coefficient (Wildman–Crippen LogP) is 3.75. The lowest BCUT2D eigenvalue weighted by Crippen LogP contribution is -2.08. The molecule has 1 aliphatic carbocycles. The summed E-state index contributed by atoms with van der Waals surface area (Å²) < 4.78 is 0.741. The van der Waals surface area contributed by atoms with Crippen LogP contribution in [0, 0.1) is 10.7 Å². The molecule has 0 saturated carbocycles. The number of rotatable bonds is 3. The van der Waals surface area contributed by atoms with Gasteiger partial charge in [-0.3, -0.25) is 0 Å². The van der Waals surface area contributed by atoms with Crippen molar-refractivity contribution in [3.63, 3.8) is 0 Å². The number of H-pyrrole nitrogens is 2. The molecule has 0 fully saturated rings. The lowest BCUT2D eigenvalue weighted by Gasteiger charge is -2.20. The van der Waals surface area contributed by atoms with E-state index in [-0.39, 0.29) is 0 Å². The standard InChI is InChI=1S/C12H18N2S/c1-2-9-3-5-10(6-4-9)7-11-8-13-12(15)14-11/h3,8,10H,2,4-7H2,1H3,(H2,13,14,15). The zero-order chi connectivity index (χ0) is 10.7. The maximum Gasteiger partial charge on any atom is 0.174 e. The van der Waals surface area contributed by atoms with Gasteiger partial charge < -0.3 is 9.97 Å². The Labute approximate surface area is 95.8 Å². The van der Waals surface area contributed by atoms with Crippen molar-refractivity contribution in [3.05, 3.63) is 28.3 Å². The molecule has 1 atom stereocenters. The molecule has 82 valence electrons. The minimum absolute atomic E-state index is 0.741. The van der Waals surface area contributed by atoms with E-state index in [0.29, 0.717) is 0 Å². The molecule has 0 saturated heterocycles. The molecule has 0 bridgehead atoms. The molecule has 0 aromatic carbocycles. The van der Waals surface area contributed by atoms with Crippen molar-refractivity contribution < 1.29 is 0 Å². The van der Waals surface area contributed by atoms with Gasteiger partial charge in [0.25, 0.3) is 0 Å². The summed E-state index contributed by atoms with van der Waals surface area (Å²) in [5.41, 5.74) is 2.88. The number of hydrogen-bond acceptors (Lipinski definition) is 1. The maximum atomic E-state index is 5.02. The van der Waals surface area contributed by atoms with E-state index in [1.165, 1.54) is 31.4 Å². The summed E-state index contributed by atoms with van der Waals surface area (Å²) in [4.78, 5) is 6.21. The van der Waals surface area contributed by atoms with Gasteiger partial charge in [-0.2, -0.15) is 0 Å². The zero-order valence-electron chi connectivity index (χ0n) is 9.18. The van der Waals surface area contributed by atoms with Gasteiger partial charge in [-0.1, -0.05) is 18.6 Å². The Morgan fingerprint density at radius 3 is 2.93 bits per heavy atom. The Kier molecular flexibility index (Phi) is 3.41. The molecule has 15 heavy (non-hydrogen) atoms. The average molecular weight is 222 g/mol. The molecule has 1 unspecified atom stereocenters. The van der Waals surface area contributed by atoms with Crippen LogP contribution in [-0.4, -0.2) is 9.97 Å². The van der Waals surface area contributed by atoms with Crippen LogP contribution in [0.4, 0.5) is 0 Å². The van der Waals surface area contributed by atoms with Gasteiger partial charge in [0.2, 0.25) is 0 Å². The molecule has 0 aliphatic heterocycles. The summed E-state index contributed by atoms with van der Waals surface area (Å²) in [7, 11) is 0. The summed E-state index contributed by atoms with van der Waals surface area (Å²) >= 11 is 5.02. The smallest absolute Gasteiger partial charge is 0.174 e. The van der Waals surface area contributed by atoms with Gasteiger partial charge in [0.1, 0.15) is 0 Å². The minimum Gasteiger partial charge on any atom is -0.337 e. The first-order chi connectivity index (χ1) is 7.28. The van der Waals surface area contributed by atoms with E-state index in [2.05, 4.69) is 23.0 Å². The molecule has 2 nitrogen and oxygen atoms in total. The van der Waals surface area contributed by atoms with E-state index in [1.807, 2.05) is 6.20 Å². The lowest BCUT2D eigenvalue weighted by atomic mass is 9.86. The molecule has 1 heterocycles. The van der Waals surface area contributed by atoms with Crippen LogP contribution in [0.1, 0.15) is 38.3 Å². The highest BCUT2D eigenvalue weighted by molar-refractivity contribution is 7.71. The van der Waals surface area contributed by atoms with Crippen LogP contribution in [0.25, 0.3) is 0 Å². The Hall–Kier alpha value is -0.830. The van der Waals surface area contributed by atoms with E-state index in [0.717, 1.165) is 17.1 Å². The predicted molar refractivity (Wildman–Crippen MR) is 65.4 cm³/mol. The number of imidazole rings is 1. The molecule has 2 N–H and O–H groups in total. The fourth-order valence-electron chi connectivity index (χ4n) is 2.24. The molecule has 0 radical (unpaired) electrons. The van der Waals surface area contributed by atoms with Gasteiger partial charge >= 0.3 is 0 Å². The molecule has 0 amide bonds. The minimum atomic E-state index is 0.741. The van der Waals surface area contributed by atoms with E-state index in [1.54, 1.807) is 5.57 Å². The summed E-state index contributed by atoms with van der Waals surface area (Å²) in [6.45, 7) is 2.25. The topological polar surface area (TPSA) is 31.6 Å². The third-order valence-corrected chi connectivity index (χ3v) is 3.45. The third-order valence-electron chi connectivity index (χ3n) is 3.23. The van der Waals surface area contributed by atoms with Crippen LogP contribution in [0.3, 0.4) is 0 Å². The van der Waals surface area contributed by atoms with Gasteiger partial charge in [0.05, 0.1) is 0 Å². The van der Waals surface area contributed by atoms with Crippen molar-refractivity contribution >= 4 is 12.2 Å². The van der Waals surface area contributed by atoms with E-state index >= 15 is 0 Å². The average Bonchev–Trinajstić information content (AvgIpc) is 2.65. The monoisotopic (exact) mass is 222 g/mol. The van der Waals surface area contributed by atoms with E-state index in [4.69, 9.17) is 12.2 Å². The molecular weight excluding hydrogens is 204 g/mol. The first-order valence-corrected chi connectivity index (χ1v) is 6.13. The van der Waals surface area contributed by atoms with Crippen molar-refractivity contribution in [2.24, 2.45) is 5.92 Å². The lowest BCUT2D eigenvalue weighted by molar-refractivity contribution is 0.459. The largest absolute Gasteiger partial charge is 0.337 e. The highest BCUT2D eigenvalue weighted by Crippen LogP contribution is 2.27. The van der Waals surface area contributed by atoms with Crippen LogP contribution in [-0.2, 0) is 6.42 Å². The van der Waals surface area contributed by atoms with Crippen LogP contribution >= 0.6 is 12.2 Å². The molecule has 1 aromatic rings. The normalized spacial score (nSPS) is 21.4. The van der Waals surface area contributed by atoms with Crippen molar-refractivity contribution in [2.45, 2.75) is 39.0 Å². The van der Waals surface area contributed by atoms with Gasteiger partial charge in [0.15, 0.2) is 4.77 Å². The number of nitrogens with one attached hydrogen (secondary N) is 2. The summed E-state index contributed by atoms with van der Waals surface area (Å²) in [6.07, 6.45) is 10.6. The molecule has 1 aromatic heterocycles. The van der Waals surface area contributed by atoms with Crippen molar-refractivity contribution in [2.75, 3.05) is 0 Å². The Morgan fingerprint density at radius 1 is 1.53 bits per heavy atom. The SMILES string of the molecule is CCC1=CCC(Cc2c[nH]c(=S)[nH]2)CC1. The Morgan fingerprint density at radius 2 is 2.40 bits per heavy atom. The summed E-state index contributed by atoms with van der Waals surface area (Å²) in [5, 5.41) is 0. The Bertz CT molecular complexity index is 400. The van der Waals surface area contributed by atoms with Crippen LogP contribution in [0.2, 0.25) is 0 Å². The van der Waals surface area contributed by atoms with Crippen molar-refractivity contribution in [1.82, 2.24) is 9.97 Å². The summed E-state index contributed by atoms with van der Waals surface area (Å²) in [5.74, 6) is 0.793. The number of aromatic nitrogens is 2. The van der Waals surface area contributed by atoms with Crippen molar-refractivity contribution in [1.29, 1.82) is 0 Å². The van der Waals surface area contributed by atoms with Gasteiger partial charge in [0, 0.05) is 11.9 Å². The first-order valence-electron chi connectivity index (χ1n) is 5.72. The second-order valence-electron chi connectivity index (χ2n) is 4.33. The Balaban J connectivity index is 1.92. The number of allylic oxidation sites excluding steroid dienone is 2. The van der Waals surface area contributed by atoms with E-state index in [9.17, 15) is 0 Å². The van der Waals surface area contributed by atoms with Gasteiger partial charge in [-0.25, -0.2) is 0 Å². The van der Waals surface area contributed by atoms with Crippen LogP contribution in [0.15, 0.2) is 17.8 Å². The molecular formula is C12H18N2S. The zero-order valence-corrected chi connectivity index (χ0v) is 9.99. The highest BCUT2D eigenvalue weighted by atomic mass is 32.1. The van der Waals surface area contributed by atoms with Gasteiger partial charge in [-0.05, 0) is 50.2 Å². The molecule has 0 spiro atoms.